The average Bonchev–Trinajstić information content (AvgIpc) is 2.84. The normalized spacial score (nSPS) is 17.5. The fraction of sp³-hybridized carbons (Fsp3) is 0.500. The highest BCUT2D eigenvalue weighted by Gasteiger charge is 2.33. The highest BCUT2D eigenvalue weighted by atomic mass is 32.2. The van der Waals surface area contributed by atoms with E-state index >= 15 is 0 Å². The van der Waals surface area contributed by atoms with Gasteiger partial charge in [0.2, 0.25) is 15.8 Å². The Bertz CT molecular complexity index is 1110. The Morgan fingerprint density at radius 2 is 1.61 bits per heavy atom. The molecule has 0 N–H and O–H groups in total. The quantitative estimate of drug-likeness (QED) is 0.652. The fourth-order valence-corrected chi connectivity index (χ4v) is 5.15. The lowest BCUT2D eigenvalue weighted by molar-refractivity contribution is 0.0742. The molecule has 0 saturated carbocycles. The number of rotatable bonds is 5. The minimum atomic E-state index is -4.88. The third-order valence-corrected chi connectivity index (χ3v) is 7.46. The zero-order valence-corrected chi connectivity index (χ0v) is 19.3. The Labute approximate surface area is 192 Å². The number of piperidine rings is 1. The first-order chi connectivity index (χ1) is 15.8. The summed E-state index contributed by atoms with van der Waals surface area (Å²) in [7, 11) is -4.88. The highest BCUT2D eigenvalue weighted by molar-refractivity contribution is 7.91. The summed E-state index contributed by atoms with van der Waals surface area (Å²) in [6.07, 6.45) is 3.51. The molecule has 1 aromatic carbocycles. The molecule has 8 nitrogen and oxygen atoms in total. The molecule has 0 unspecified atom stereocenters. The van der Waals surface area contributed by atoms with Gasteiger partial charge in [-0.3, -0.25) is 4.79 Å². The van der Waals surface area contributed by atoms with Crippen LogP contribution < -0.4 is 9.80 Å². The first-order valence-corrected chi connectivity index (χ1v) is 12.6. The topological polar surface area (TPSA) is 86.7 Å². The lowest BCUT2D eigenvalue weighted by atomic mass is 10.1. The number of sulfone groups is 1. The maximum atomic E-state index is 13.1. The first kappa shape index (κ1) is 23.3. The Morgan fingerprint density at radius 1 is 0.939 bits per heavy atom. The van der Waals surface area contributed by atoms with Crippen LogP contribution in [0.4, 0.5) is 20.5 Å². The van der Waals surface area contributed by atoms with E-state index in [1.165, 1.54) is 29.5 Å². The number of anilines is 2. The van der Waals surface area contributed by atoms with Gasteiger partial charge >= 0.3 is 5.76 Å². The molecule has 1 amide bonds. The molecule has 11 heteroatoms. The summed E-state index contributed by atoms with van der Waals surface area (Å²) in [5.41, 5.74) is 0.635. The number of nitrogens with zero attached hydrogens (tertiary/aromatic N) is 5. The van der Waals surface area contributed by atoms with Gasteiger partial charge in [0, 0.05) is 51.0 Å². The number of benzene rings is 1. The zero-order valence-electron chi connectivity index (χ0n) is 18.5. The summed E-state index contributed by atoms with van der Waals surface area (Å²) in [6, 6.07) is 7.11. The summed E-state index contributed by atoms with van der Waals surface area (Å²) >= 11 is 0. The predicted octanol–water partition coefficient (Wildman–Crippen LogP) is 2.73. The van der Waals surface area contributed by atoms with Crippen molar-refractivity contribution in [1.82, 2.24) is 14.9 Å². The van der Waals surface area contributed by atoms with E-state index in [-0.39, 0.29) is 5.56 Å². The Hall–Kier alpha value is -2.82. The molecule has 0 aliphatic carbocycles. The molecule has 2 aromatic rings. The van der Waals surface area contributed by atoms with E-state index in [1.54, 1.807) is 0 Å². The van der Waals surface area contributed by atoms with Crippen LogP contribution >= 0.6 is 0 Å². The molecule has 2 fully saturated rings. The smallest absolute Gasteiger partial charge is 0.341 e. The van der Waals surface area contributed by atoms with Gasteiger partial charge in [0.1, 0.15) is 5.82 Å². The van der Waals surface area contributed by atoms with Crippen LogP contribution in [0.15, 0.2) is 35.2 Å². The molecule has 1 aromatic heterocycles. The van der Waals surface area contributed by atoms with E-state index in [4.69, 9.17) is 4.98 Å². The van der Waals surface area contributed by atoms with Gasteiger partial charge in [0.25, 0.3) is 5.91 Å². The van der Waals surface area contributed by atoms with E-state index in [0.29, 0.717) is 32.1 Å². The molecule has 2 aliphatic heterocycles. The predicted molar refractivity (Wildman–Crippen MR) is 121 cm³/mol. The molecule has 0 bridgehead atoms. The van der Waals surface area contributed by atoms with Crippen molar-refractivity contribution >= 4 is 27.5 Å². The summed E-state index contributed by atoms with van der Waals surface area (Å²) < 4.78 is 50.2. The molecule has 2 saturated heterocycles. The van der Waals surface area contributed by atoms with Crippen molar-refractivity contribution in [3.8, 4) is 0 Å². The molecule has 0 spiro atoms. The van der Waals surface area contributed by atoms with E-state index in [0.717, 1.165) is 43.5 Å². The molecular weight excluding hydrogens is 452 g/mol. The molecule has 2 aliphatic rings. The van der Waals surface area contributed by atoms with Gasteiger partial charge in [0.15, 0.2) is 0 Å². The summed E-state index contributed by atoms with van der Waals surface area (Å²) in [4.78, 5) is 27.4. The molecule has 178 valence electrons. The van der Waals surface area contributed by atoms with Crippen LogP contribution in [-0.2, 0) is 9.84 Å². The number of aromatic nitrogens is 2. The van der Waals surface area contributed by atoms with Crippen molar-refractivity contribution in [3.05, 3.63) is 41.6 Å². The van der Waals surface area contributed by atoms with Gasteiger partial charge in [-0.05, 0) is 38.3 Å². The average molecular weight is 480 g/mol. The van der Waals surface area contributed by atoms with Gasteiger partial charge in [-0.25, -0.2) is 13.4 Å². The van der Waals surface area contributed by atoms with Crippen molar-refractivity contribution in [2.24, 2.45) is 0 Å². The lowest BCUT2D eigenvalue weighted by Gasteiger charge is -2.36. The fourth-order valence-electron chi connectivity index (χ4n) is 4.23. The Kier molecular flexibility index (Phi) is 6.78. The highest BCUT2D eigenvalue weighted by Crippen LogP contribution is 2.25. The van der Waals surface area contributed by atoms with Crippen LogP contribution in [-0.4, -0.2) is 74.2 Å². The van der Waals surface area contributed by atoms with Gasteiger partial charge in [-0.2, -0.15) is 13.8 Å². The third-order valence-electron chi connectivity index (χ3n) is 6.02. The third kappa shape index (κ3) is 4.92. The van der Waals surface area contributed by atoms with Crippen LogP contribution in [0.1, 0.15) is 35.3 Å². The number of alkyl halides is 2. The van der Waals surface area contributed by atoms with Gasteiger partial charge in [0.05, 0.1) is 10.5 Å². The standard InChI is InChI=1S/C22H27F2N5O3S/c1-16-15-19(27-9-5-2-6-10-27)26-22(25-16)29-13-11-28(12-14-29)20(30)17-7-3-4-8-18(17)33(31,32)21(23)24/h3-4,7-8,15,21H,2,5-6,9-14H2,1H3. The van der Waals surface area contributed by atoms with E-state index in [9.17, 15) is 22.0 Å². The largest absolute Gasteiger partial charge is 0.356 e. The number of hydrogen-bond acceptors (Lipinski definition) is 7. The lowest BCUT2D eigenvalue weighted by Crippen LogP contribution is -2.49. The number of hydrogen-bond donors (Lipinski definition) is 0. The van der Waals surface area contributed by atoms with Crippen LogP contribution in [0.5, 0.6) is 0 Å². The van der Waals surface area contributed by atoms with Crippen LogP contribution in [0, 0.1) is 6.92 Å². The Balaban J connectivity index is 1.48. The van der Waals surface area contributed by atoms with Crippen molar-refractivity contribution in [2.75, 3.05) is 49.1 Å². The maximum Gasteiger partial charge on any atom is 0.341 e. The molecule has 4 rings (SSSR count). The second kappa shape index (κ2) is 9.58. The van der Waals surface area contributed by atoms with Crippen molar-refractivity contribution < 1.29 is 22.0 Å². The van der Waals surface area contributed by atoms with Crippen LogP contribution in [0.3, 0.4) is 0 Å². The van der Waals surface area contributed by atoms with Gasteiger partial charge < -0.3 is 14.7 Å². The minimum absolute atomic E-state index is 0.231. The number of amides is 1. The SMILES string of the molecule is Cc1cc(N2CCCCC2)nc(N2CCN(C(=O)c3ccccc3S(=O)(=O)C(F)F)CC2)n1. The maximum absolute atomic E-state index is 13.1. The van der Waals surface area contributed by atoms with E-state index < -0.39 is 26.4 Å². The molecule has 0 atom stereocenters. The number of piperazine rings is 1. The van der Waals surface area contributed by atoms with Gasteiger partial charge in [-0.15, -0.1) is 0 Å². The van der Waals surface area contributed by atoms with E-state index in [2.05, 4.69) is 9.88 Å². The number of aryl methyl sites for hydroxylation is 1. The number of halogens is 2. The molecule has 3 heterocycles. The zero-order chi connectivity index (χ0) is 23.6. The first-order valence-electron chi connectivity index (χ1n) is 11.0. The van der Waals surface area contributed by atoms with Crippen molar-refractivity contribution in [2.45, 2.75) is 36.8 Å². The second-order valence-corrected chi connectivity index (χ2v) is 10.2. The van der Waals surface area contributed by atoms with Gasteiger partial charge in [-0.1, -0.05) is 12.1 Å². The second-order valence-electron chi connectivity index (χ2n) is 8.30. The monoisotopic (exact) mass is 479 g/mol. The minimum Gasteiger partial charge on any atom is -0.356 e. The van der Waals surface area contributed by atoms with Crippen molar-refractivity contribution in [3.63, 3.8) is 0 Å². The van der Waals surface area contributed by atoms with Crippen LogP contribution in [0.2, 0.25) is 0 Å². The molecule has 33 heavy (non-hydrogen) atoms. The molecular formula is C22H27F2N5O3S. The Morgan fingerprint density at radius 3 is 2.27 bits per heavy atom. The van der Waals surface area contributed by atoms with E-state index in [1.807, 2.05) is 17.9 Å². The number of carbonyl (C=O) groups is 1. The van der Waals surface area contributed by atoms with Crippen LogP contribution in [0.25, 0.3) is 0 Å². The summed E-state index contributed by atoms with van der Waals surface area (Å²) in [5.74, 6) is -2.66. The summed E-state index contributed by atoms with van der Waals surface area (Å²) in [6.45, 7) is 5.39. The molecule has 0 radical (unpaired) electrons. The summed E-state index contributed by atoms with van der Waals surface area (Å²) in [5, 5.41) is 0. The van der Waals surface area contributed by atoms with Crippen molar-refractivity contribution in [1.29, 1.82) is 0 Å². The number of carbonyl (C=O) groups excluding carboxylic acids is 1.